The van der Waals surface area contributed by atoms with Crippen LogP contribution < -0.4 is 14.8 Å². The number of nitro benzene ring substituents is 1. The van der Waals surface area contributed by atoms with Crippen molar-refractivity contribution in [3.63, 3.8) is 0 Å². The van der Waals surface area contributed by atoms with Crippen LogP contribution in [-0.4, -0.2) is 57.2 Å². The molecule has 0 aromatic heterocycles. The molecule has 0 radical (unpaired) electrons. The summed E-state index contributed by atoms with van der Waals surface area (Å²) in [4.78, 5) is 11.2. The number of rotatable bonds is 7. The standard InChI is InChI=1S/C23H29N3O7S/c1-16(2)23(17-4-7-21-22(14-17)33-11-3-10-32-21)24-19-6-5-18(15-20(19)26(27)28)34(29,30)25-8-12-31-13-9-25/h4-7,14-16,23-24H,3,8-13H2,1-2H3. The van der Waals surface area contributed by atoms with Gasteiger partial charge in [0, 0.05) is 25.6 Å². The summed E-state index contributed by atoms with van der Waals surface area (Å²) in [7, 11) is -3.85. The van der Waals surface area contributed by atoms with E-state index in [4.69, 9.17) is 14.2 Å². The van der Waals surface area contributed by atoms with Crippen LogP contribution in [-0.2, 0) is 14.8 Å². The number of morpholine rings is 1. The predicted molar refractivity (Wildman–Crippen MR) is 126 cm³/mol. The van der Waals surface area contributed by atoms with Crippen molar-refractivity contribution in [1.82, 2.24) is 4.31 Å². The lowest BCUT2D eigenvalue weighted by atomic mass is 9.95. The number of hydrogen-bond acceptors (Lipinski definition) is 8. The molecule has 2 aliphatic rings. The van der Waals surface area contributed by atoms with Crippen molar-refractivity contribution in [2.75, 3.05) is 44.8 Å². The molecule has 0 aliphatic carbocycles. The summed E-state index contributed by atoms with van der Waals surface area (Å²) >= 11 is 0. The van der Waals surface area contributed by atoms with Crippen LogP contribution in [0.15, 0.2) is 41.3 Å². The van der Waals surface area contributed by atoms with Gasteiger partial charge in [-0.15, -0.1) is 0 Å². The second-order valence-electron chi connectivity index (χ2n) is 8.58. The van der Waals surface area contributed by atoms with E-state index < -0.39 is 14.9 Å². The Labute approximate surface area is 199 Å². The Kier molecular flexibility index (Phi) is 7.24. The minimum atomic E-state index is -3.85. The lowest BCUT2D eigenvalue weighted by molar-refractivity contribution is -0.384. The van der Waals surface area contributed by atoms with Gasteiger partial charge in [0.15, 0.2) is 11.5 Å². The Morgan fingerprint density at radius 1 is 1.00 bits per heavy atom. The van der Waals surface area contributed by atoms with Crippen molar-refractivity contribution in [2.24, 2.45) is 5.92 Å². The Morgan fingerprint density at radius 2 is 1.71 bits per heavy atom. The van der Waals surface area contributed by atoms with E-state index in [9.17, 15) is 18.5 Å². The molecule has 4 rings (SSSR count). The number of nitrogens with zero attached hydrogens (tertiary/aromatic N) is 2. The fraction of sp³-hybridized carbons (Fsp3) is 0.478. The maximum atomic E-state index is 13.0. The van der Waals surface area contributed by atoms with Crippen molar-refractivity contribution in [2.45, 2.75) is 31.2 Å². The first kappa shape index (κ1) is 24.2. The minimum absolute atomic E-state index is 0.0705. The molecule has 1 fully saturated rings. The monoisotopic (exact) mass is 491 g/mol. The van der Waals surface area contributed by atoms with Crippen LogP contribution in [0.25, 0.3) is 0 Å². The third-order valence-electron chi connectivity index (χ3n) is 5.88. The molecule has 34 heavy (non-hydrogen) atoms. The summed E-state index contributed by atoms with van der Waals surface area (Å²) in [6.07, 6.45) is 0.793. The van der Waals surface area contributed by atoms with E-state index in [1.165, 1.54) is 16.4 Å². The zero-order valence-corrected chi connectivity index (χ0v) is 20.0. The average molecular weight is 492 g/mol. The molecule has 0 bridgehead atoms. The molecule has 10 nitrogen and oxygen atoms in total. The molecule has 1 unspecified atom stereocenters. The van der Waals surface area contributed by atoms with E-state index in [0.717, 1.165) is 18.1 Å². The Hall–Kier alpha value is -2.89. The van der Waals surface area contributed by atoms with Gasteiger partial charge in [-0.1, -0.05) is 19.9 Å². The molecule has 2 aromatic carbocycles. The Balaban J connectivity index is 1.65. The molecule has 1 atom stereocenters. The molecule has 2 aromatic rings. The third-order valence-corrected chi connectivity index (χ3v) is 7.78. The molecule has 11 heteroatoms. The van der Waals surface area contributed by atoms with Gasteiger partial charge in [-0.05, 0) is 35.7 Å². The first-order valence-corrected chi connectivity index (χ1v) is 12.7. The lowest BCUT2D eigenvalue weighted by Crippen LogP contribution is -2.40. The van der Waals surface area contributed by atoms with Crippen LogP contribution in [0.1, 0.15) is 31.9 Å². The maximum Gasteiger partial charge on any atom is 0.293 e. The highest BCUT2D eigenvalue weighted by atomic mass is 32.2. The van der Waals surface area contributed by atoms with E-state index in [2.05, 4.69) is 5.32 Å². The number of benzene rings is 2. The van der Waals surface area contributed by atoms with Gasteiger partial charge in [0.25, 0.3) is 5.69 Å². The maximum absolute atomic E-state index is 13.0. The van der Waals surface area contributed by atoms with Crippen LogP contribution in [0, 0.1) is 16.0 Å². The van der Waals surface area contributed by atoms with E-state index in [0.29, 0.717) is 37.9 Å². The molecule has 0 amide bonds. The van der Waals surface area contributed by atoms with Gasteiger partial charge in [0.2, 0.25) is 10.0 Å². The minimum Gasteiger partial charge on any atom is -0.490 e. The average Bonchev–Trinajstić information content (AvgIpc) is 3.07. The van der Waals surface area contributed by atoms with Gasteiger partial charge in [-0.3, -0.25) is 10.1 Å². The fourth-order valence-electron chi connectivity index (χ4n) is 4.06. The normalized spacial score (nSPS) is 17.7. The highest BCUT2D eigenvalue weighted by molar-refractivity contribution is 7.89. The van der Waals surface area contributed by atoms with Crippen molar-refractivity contribution >= 4 is 21.4 Å². The van der Waals surface area contributed by atoms with Crippen molar-refractivity contribution in [1.29, 1.82) is 0 Å². The summed E-state index contributed by atoms with van der Waals surface area (Å²) in [6, 6.07) is 9.36. The van der Waals surface area contributed by atoms with E-state index in [-0.39, 0.29) is 41.3 Å². The van der Waals surface area contributed by atoms with E-state index in [1.807, 2.05) is 32.0 Å². The number of sulfonamides is 1. The Bertz CT molecular complexity index is 1150. The molecule has 0 saturated carbocycles. The van der Waals surface area contributed by atoms with E-state index >= 15 is 0 Å². The second kappa shape index (κ2) is 10.2. The highest BCUT2D eigenvalue weighted by Gasteiger charge is 2.30. The second-order valence-corrected chi connectivity index (χ2v) is 10.5. The van der Waals surface area contributed by atoms with Gasteiger partial charge in [-0.2, -0.15) is 4.31 Å². The summed E-state index contributed by atoms with van der Waals surface area (Å²) in [5.74, 6) is 1.39. The SMILES string of the molecule is CC(C)C(Nc1ccc(S(=O)(=O)N2CCOCC2)cc1[N+](=O)[O-])c1ccc2c(c1)OCCCO2. The molecular formula is C23H29N3O7S. The predicted octanol–water partition coefficient (Wildman–Crippen LogP) is 3.59. The number of anilines is 1. The molecule has 1 saturated heterocycles. The van der Waals surface area contributed by atoms with Crippen molar-refractivity contribution in [3.05, 3.63) is 52.1 Å². The fourth-order valence-corrected chi connectivity index (χ4v) is 5.49. The van der Waals surface area contributed by atoms with Crippen molar-refractivity contribution in [3.8, 4) is 11.5 Å². The van der Waals surface area contributed by atoms with Gasteiger partial charge in [0.05, 0.1) is 42.3 Å². The molecule has 2 aliphatic heterocycles. The van der Waals surface area contributed by atoms with Gasteiger partial charge >= 0.3 is 0 Å². The van der Waals surface area contributed by atoms with Crippen LogP contribution >= 0.6 is 0 Å². The van der Waals surface area contributed by atoms with Crippen molar-refractivity contribution < 1.29 is 27.6 Å². The van der Waals surface area contributed by atoms with E-state index in [1.54, 1.807) is 0 Å². The zero-order valence-electron chi connectivity index (χ0n) is 19.2. The Morgan fingerprint density at radius 3 is 2.38 bits per heavy atom. The van der Waals surface area contributed by atoms with Gasteiger partial charge < -0.3 is 19.5 Å². The van der Waals surface area contributed by atoms with Crippen LogP contribution in [0.2, 0.25) is 0 Å². The summed E-state index contributed by atoms with van der Waals surface area (Å²) in [5, 5.41) is 15.2. The number of fused-ring (bicyclic) bond motifs is 1. The van der Waals surface area contributed by atoms with Gasteiger partial charge in [-0.25, -0.2) is 8.42 Å². The summed E-state index contributed by atoms with van der Waals surface area (Å²) in [5.41, 5.74) is 0.838. The molecule has 0 spiro atoms. The smallest absolute Gasteiger partial charge is 0.293 e. The number of hydrogen-bond donors (Lipinski definition) is 1. The first-order valence-electron chi connectivity index (χ1n) is 11.3. The quantitative estimate of drug-likeness (QED) is 0.461. The number of ether oxygens (including phenoxy) is 3. The summed E-state index contributed by atoms with van der Waals surface area (Å²) < 4.78 is 44.0. The number of nitrogens with one attached hydrogen (secondary N) is 1. The summed E-state index contributed by atoms with van der Waals surface area (Å²) in [6.45, 7) is 6.18. The molecular weight excluding hydrogens is 462 g/mol. The topological polar surface area (TPSA) is 120 Å². The largest absolute Gasteiger partial charge is 0.490 e. The number of nitro groups is 1. The first-order chi connectivity index (χ1) is 16.3. The van der Waals surface area contributed by atoms with Crippen LogP contribution in [0.5, 0.6) is 11.5 Å². The van der Waals surface area contributed by atoms with Crippen LogP contribution in [0.3, 0.4) is 0 Å². The zero-order chi connectivity index (χ0) is 24.3. The van der Waals surface area contributed by atoms with Crippen LogP contribution in [0.4, 0.5) is 11.4 Å². The molecule has 1 N–H and O–H groups in total. The van der Waals surface area contributed by atoms with Gasteiger partial charge in [0.1, 0.15) is 5.69 Å². The molecule has 184 valence electrons. The highest BCUT2D eigenvalue weighted by Crippen LogP contribution is 2.38. The third kappa shape index (κ3) is 5.11. The lowest BCUT2D eigenvalue weighted by Gasteiger charge is -2.27. The molecule has 2 heterocycles.